The van der Waals surface area contributed by atoms with Crippen molar-refractivity contribution >= 4 is 34.4 Å². The quantitative estimate of drug-likeness (QED) is 0.292. The van der Waals surface area contributed by atoms with Gasteiger partial charge >= 0.3 is 5.97 Å². The molecule has 0 aliphatic carbocycles. The number of anilines is 1. The molecule has 2 amide bonds. The van der Waals surface area contributed by atoms with Gasteiger partial charge in [0.25, 0.3) is 5.91 Å². The van der Waals surface area contributed by atoms with Crippen LogP contribution >= 0.6 is 0 Å². The number of pyridine rings is 1. The number of hydrogen-bond acceptors (Lipinski definition) is 6. The minimum absolute atomic E-state index is 0.151. The molecule has 4 aromatic rings. The highest BCUT2D eigenvalue weighted by Crippen LogP contribution is 2.26. The number of benzene rings is 2. The first-order chi connectivity index (χ1) is 17.2. The van der Waals surface area contributed by atoms with Crippen molar-refractivity contribution in [3.63, 3.8) is 0 Å². The first-order valence-corrected chi connectivity index (χ1v) is 10.6. The standard InChI is InChI=1S/C25H18F3N3O5/c1-13(24(33)29-12-21(32)31-18-9-8-16(26)22(27)23(18)28)36-25(34)15-11-19(20-7-4-10-35-20)30-17-6-3-2-5-14(15)17/h2-11,13H,12H2,1H3,(H,29,33)(H,31,32). The molecule has 1 unspecified atom stereocenters. The summed E-state index contributed by atoms with van der Waals surface area (Å²) in [6.45, 7) is 0.664. The van der Waals surface area contributed by atoms with Gasteiger partial charge < -0.3 is 19.8 Å². The van der Waals surface area contributed by atoms with Crippen LogP contribution in [0.1, 0.15) is 17.3 Å². The highest BCUT2D eigenvalue weighted by Gasteiger charge is 2.23. The van der Waals surface area contributed by atoms with Gasteiger partial charge in [0.1, 0.15) is 5.69 Å². The van der Waals surface area contributed by atoms with Gasteiger partial charge in [-0.3, -0.25) is 9.59 Å². The van der Waals surface area contributed by atoms with Gasteiger partial charge in [0, 0.05) is 5.39 Å². The summed E-state index contributed by atoms with van der Waals surface area (Å²) in [5.74, 6) is -6.82. The lowest BCUT2D eigenvalue weighted by molar-refractivity contribution is -0.130. The van der Waals surface area contributed by atoms with Gasteiger partial charge in [0.2, 0.25) is 5.91 Å². The maximum Gasteiger partial charge on any atom is 0.339 e. The van der Waals surface area contributed by atoms with Gasteiger partial charge in [0.05, 0.1) is 29.6 Å². The fraction of sp³-hybridized carbons (Fsp3) is 0.120. The third-order valence-electron chi connectivity index (χ3n) is 5.10. The largest absolute Gasteiger partial charge is 0.463 e. The van der Waals surface area contributed by atoms with E-state index in [4.69, 9.17) is 9.15 Å². The van der Waals surface area contributed by atoms with Crippen LogP contribution in [0.4, 0.5) is 18.9 Å². The average molecular weight is 497 g/mol. The third-order valence-corrected chi connectivity index (χ3v) is 5.10. The van der Waals surface area contributed by atoms with E-state index in [-0.39, 0.29) is 5.56 Å². The Kier molecular flexibility index (Phi) is 7.00. The number of esters is 1. The second-order valence-electron chi connectivity index (χ2n) is 7.59. The Balaban J connectivity index is 1.41. The minimum atomic E-state index is -1.74. The van der Waals surface area contributed by atoms with E-state index in [0.717, 1.165) is 6.07 Å². The smallest absolute Gasteiger partial charge is 0.339 e. The van der Waals surface area contributed by atoms with Crippen LogP contribution in [0.2, 0.25) is 0 Å². The molecule has 8 nitrogen and oxygen atoms in total. The predicted molar refractivity (Wildman–Crippen MR) is 122 cm³/mol. The minimum Gasteiger partial charge on any atom is -0.463 e. The molecule has 184 valence electrons. The zero-order chi connectivity index (χ0) is 25.8. The summed E-state index contributed by atoms with van der Waals surface area (Å²) in [7, 11) is 0. The van der Waals surface area contributed by atoms with E-state index < -0.39 is 53.6 Å². The topological polar surface area (TPSA) is 111 Å². The first-order valence-electron chi connectivity index (χ1n) is 10.6. The SMILES string of the molecule is CC(OC(=O)c1cc(-c2ccco2)nc2ccccc12)C(=O)NCC(=O)Nc1ccc(F)c(F)c1F. The number of carbonyl (C=O) groups excluding carboxylic acids is 3. The normalized spacial score (nSPS) is 11.7. The molecule has 0 saturated heterocycles. The molecule has 4 rings (SSSR count). The van der Waals surface area contributed by atoms with Crippen LogP contribution in [0.25, 0.3) is 22.4 Å². The number of halogens is 3. The van der Waals surface area contributed by atoms with E-state index >= 15 is 0 Å². The number of rotatable bonds is 7. The molecule has 0 aliphatic rings. The lowest BCUT2D eigenvalue weighted by Gasteiger charge is -2.15. The number of carbonyl (C=O) groups is 3. The predicted octanol–water partition coefficient (Wildman–Crippen LogP) is 4.21. The summed E-state index contributed by atoms with van der Waals surface area (Å²) >= 11 is 0. The average Bonchev–Trinajstić information content (AvgIpc) is 3.42. The van der Waals surface area contributed by atoms with E-state index in [9.17, 15) is 27.6 Å². The molecule has 2 aromatic heterocycles. The van der Waals surface area contributed by atoms with Crippen molar-refractivity contribution in [2.75, 3.05) is 11.9 Å². The van der Waals surface area contributed by atoms with Crippen LogP contribution in [0, 0.1) is 17.5 Å². The molecule has 1 atom stereocenters. The van der Waals surface area contributed by atoms with Crippen LogP contribution in [0.15, 0.2) is 65.3 Å². The molecule has 0 spiro atoms. The van der Waals surface area contributed by atoms with E-state index in [1.165, 1.54) is 19.3 Å². The van der Waals surface area contributed by atoms with Crippen molar-refractivity contribution in [3.05, 3.63) is 83.9 Å². The summed E-state index contributed by atoms with van der Waals surface area (Å²) in [5, 5.41) is 4.75. The molecule has 0 saturated carbocycles. The Hall–Kier alpha value is -4.67. The van der Waals surface area contributed by atoms with Crippen molar-refractivity contribution in [2.45, 2.75) is 13.0 Å². The van der Waals surface area contributed by atoms with E-state index in [1.54, 1.807) is 36.4 Å². The molecule has 0 aliphatic heterocycles. The molecule has 2 heterocycles. The highest BCUT2D eigenvalue weighted by atomic mass is 19.2. The number of nitrogens with one attached hydrogen (secondary N) is 2. The third kappa shape index (κ3) is 5.19. The number of para-hydroxylation sites is 1. The zero-order valence-corrected chi connectivity index (χ0v) is 18.7. The molecule has 0 radical (unpaired) electrons. The maximum absolute atomic E-state index is 13.7. The van der Waals surface area contributed by atoms with Crippen LogP contribution in [-0.2, 0) is 14.3 Å². The van der Waals surface area contributed by atoms with Gasteiger partial charge in [-0.15, -0.1) is 0 Å². The van der Waals surface area contributed by atoms with E-state index in [0.29, 0.717) is 28.4 Å². The van der Waals surface area contributed by atoms with Gasteiger partial charge in [-0.05, 0) is 43.3 Å². The Labute approximate surface area is 202 Å². The van der Waals surface area contributed by atoms with Crippen molar-refractivity contribution in [1.82, 2.24) is 10.3 Å². The van der Waals surface area contributed by atoms with E-state index in [1.807, 2.05) is 5.32 Å². The molecule has 36 heavy (non-hydrogen) atoms. The van der Waals surface area contributed by atoms with Gasteiger partial charge in [-0.2, -0.15) is 0 Å². The fourth-order valence-electron chi connectivity index (χ4n) is 3.30. The Morgan fingerprint density at radius 3 is 2.56 bits per heavy atom. The summed E-state index contributed by atoms with van der Waals surface area (Å²) in [6.07, 6.45) is 0.164. The number of furan rings is 1. The lowest BCUT2D eigenvalue weighted by Crippen LogP contribution is -2.40. The van der Waals surface area contributed by atoms with Gasteiger partial charge in [-0.1, -0.05) is 18.2 Å². The van der Waals surface area contributed by atoms with Crippen molar-refractivity contribution in [3.8, 4) is 11.5 Å². The van der Waals surface area contributed by atoms with Gasteiger partial charge in [-0.25, -0.2) is 22.9 Å². The van der Waals surface area contributed by atoms with E-state index in [2.05, 4.69) is 10.3 Å². The van der Waals surface area contributed by atoms with Crippen LogP contribution < -0.4 is 10.6 Å². The molecule has 2 N–H and O–H groups in total. The fourth-order valence-corrected chi connectivity index (χ4v) is 3.30. The van der Waals surface area contributed by atoms with Crippen LogP contribution in [0.5, 0.6) is 0 Å². The maximum atomic E-state index is 13.7. The number of nitrogens with zero attached hydrogens (tertiary/aromatic N) is 1. The van der Waals surface area contributed by atoms with Crippen molar-refractivity contribution in [1.29, 1.82) is 0 Å². The van der Waals surface area contributed by atoms with Crippen LogP contribution in [-0.4, -0.2) is 35.4 Å². The number of hydrogen-bond donors (Lipinski definition) is 2. The molecule has 0 bridgehead atoms. The Bertz CT molecular complexity index is 1460. The monoisotopic (exact) mass is 497 g/mol. The van der Waals surface area contributed by atoms with Crippen molar-refractivity contribution in [2.24, 2.45) is 0 Å². The summed E-state index contributed by atoms with van der Waals surface area (Å²) in [4.78, 5) is 41.8. The highest BCUT2D eigenvalue weighted by molar-refractivity contribution is 6.05. The summed E-state index contributed by atoms with van der Waals surface area (Å²) in [5.41, 5.74) is 0.461. The zero-order valence-electron chi connectivity index (χ0n) is 18.7. The number of ether oxygens (including phenoxy) is 1. The van der Waals surface area contributed by atoms with Crippen LogP contribution in [0.3, 0.4) is 0 Å². The second-order valence-corrected chi connectivity index (χ2v) is 7.59. The molecule has 0 fully saturated rings. The number of amides is 2. The molecule has 11 heteroatoms. The number of fused-ring (bicyclic) bond motifs is 1. The van der Waals surface area contributed by atoms with Crippen molar-refractivity contribution < 1.29 is 36.7 Å². The Morgan fingerprint density at radius 1 is 1.03 bits per heavy atom. The molecule has 2 aromatic carbocycles. The number of aromatic nitrogens is 1. The Morgan fingerprint density at radius 2 is 1.81 bits per heavy atom. The first kappa shape index (κ1) is 24.5. The summed E-state index contributed by atoms with van der Waals surface area (Å²) < 4.78 is 50.7. The summed E-state index contributed by atoms with van der Waals surface area (Å²) in [6, 6.07) is 13.2. The van der Waals surface area contributed by atoms with Gasteiger partial charge in [0.15, 0.2) is 29.3 Å². The second kappa shape index (κ2) is 10.3. The molecular weight excluding hydrogens is 479 g/mol. The lowest BCUT2D eigenvalue weighted by atomic mass is 10.1. The molecular formula is C25H18F3N3O5.